The van der Waals surface area contributed by atoms with Gasteiger partial charge in [-0.1, -0.05) is 36.8 Å². The number of hydrogen-bond donors (Lipinski definition) is 1. The van der Waals surface area contributed by atoms with E-state index in [0.29, 0.717) is 12.5 Å². The molecule has 0 heterocycles. The Morgan fingerprint density at radius 1 is 1.33 bits per heavy atom. The molecule has 0 aromatic heterocycles. The number of aryl methyl sites for hydroxylation is 1. The summed E-state index contributed by atoms with van der Waals surface area (Å²) in [6, 6.07) is 8.35. The molecule has 1 rings (SSSR count). The average Bonchev–Trinajstić information content (AvgIpc) is 2.28. The van der Waals surface area contributed by atoms with E-state index in [1.165, 1.54) is 25.0 Å². The first-order valence-corrected chi connectivity index (χ1v) is 6.27. The number of carbonyl (C=O) groups is 1. The number of hydrogen-bond acceptors (Lipinski definition) is 3. The summed E-state index contributed by atoms with van der Waals surface area (Å²) in [6.07, 6.45) is 0.755. The zero-order chi connectivity index (χ0) is 13.8. The third-order valence-electron chi connectivity index (χ3n) is 2.93. The van der Waals surface area contributed by atoms with Crippen molar-refractivity contribution in [2.24, 2.45) is 0 Å². The molecule has 18 heavy (non-hydrogen) atoms. The zero-order valence-electron chi connectivity index (χ0n) is 11.6. The van der Waals surface area contributed by atoms with Crippen LogP contribution in [-0.4, -0.2) is 23.3 Å². The van der Waals surface area contributed by atoms with Crippen LogP contribution in [0.3, 0.4) is 0 Å². The summed E-state index contributed by atoms with van der Waals surface area (Å²) in [6.45, 7) is 7.34. The molecule has 1 atom stereocenters. The maximum atomic E-state index is 11.4. The topological polar surface area (TPSA) is 46.5 Å². The quantitative estimate of drug-likeness (QED) is 0.817. The molecular weight excluding hydrogens is 228 g/mol. The molecule has 0 unspecified atom stereocenters. The molecule has 0 amide bonds. The van der Waals surface area contributed by atoms with Crippen LogP contribution in [0.25, 0.3) is 0 Å². The lowest BCUT2D eigenvalue weighted by molar-refractivity contribution is -0.162. The number of aliphatic hydroxyl groups is 1. The van der Waals surface area contributed by atoms with Crippen molar-refractivity contribution in [2.45, 2.75) is 45.6 Å². The normalized spacial score (nSPS) is 13.2. The van der Waals surface area contributed by atoms with Gasteiger partial charge in [0.2, 0.25) is 0 Å². The van der Waals surface area contributed by atoms with Crippen molar-refractivity contribution in [1.82, 2.24) is 0 Å². The minimum absolute atomic E-state index is 0.331. The van der Waals surface area contributed by atoms with Crippen LogP contribution in [0.2, 0.25) is 0 Å². The molecule has 0 spiro atoms. The average molecular weight is 250 g/mol. The largest absolute Gasteiger partial charge is 0.464 e. The Kier molecular flexibility index (Phi) is 4.91. The van der Waals surface area contributed by atoms with Crippen LogP contribution in [0.15, 0.2) is 24.3 Å². The Morgan fingerprint density at radius 2 is 1.89 bits per heavy atom. The monoisotopic (exact) mass is 250 g/mol. The van der Waals surface area contributed by atoms with Crippen LogP contribution in [0.5, 0.6) is 0 Å². The fourth-order valence-corrected chi connectivity index (χ4v) is 1.57. The molecule has 1 aromatic rings. The molecule has 0 fully saturated rings. The number of ether oxygens (including phenoxy) is 1. The lowest BCUT2D eigenvalue weighted by Gasteiger charge is -2.17. The molecule has 0 aliphatic carbocycles. The molecule has 0 aliphatic rings. The van der Waals surface area contributed by atoms with Crippen molar-refractivity contribution >= 4 is 5.97 Å². The van der Waals surface area contributed by atoms with Crippen molar-refractivity contribution in [2.75, 3.05) is 6.61 Å². The lowest BCUT2D eigenvalue weighted by Crippen LogP contribution is -2.33. The SMILES string of the molecule is Cc1ccc([C@@H](C)CCOC(=O)C(C)(C)O)cc1. The second kappa shape index (κ2) is 6.01. The van der Waals surface area contributed by atoms with E-state index in [9.17, 15) is 9.90 Å². The second-order valence-electron chi connectivity index (χ2n) is 5.30. The summed E-state index contributed by atoms with van der Waals surface area (Å²) in [5.41, 5.74) is 1.06. The number of carbonyl (C=O) groups excluding carboxylic acids is 1. The Hall–Kier alpha value is -1.35. The maximum Gasteiger partial charge on any atom is 0.337 e. The van der Waals surface area contributed by atoms with Crippen molar-refractivity contribution < 1.29 is 14.6 Å². The van der Waals surface area contributed by atoms with Crippen LogP contribution < -0.4 is 0 Å². The minimum atomic E-state index is -1.41. The summed E-state index contributed by atoms with van der Waals surface area (Å²) in [5.74, 6) is -0.237. The van der Waals surface area contributed by atoms with Gasteiger partial charge in [0, 0.05) is 0 Å². The van der Waals surface area contributed by atoms with Gasteiger partial charge in [0.05, 0.1) is 6.61 Å². The van der Waals surface area contributed by atoms with E-state index in [1.54, 1.807) is 0 Å². The smallest absolute Gasteiger partial charge is 0.337 e. The molecule has 0 radical (unpaired) electrons. The maximum absolute atomic E-state index is 11.4. The molecule has 0 bridgehead atoms. The summed E-state index contributed by atoms with van der Waals surface area (Å²) < 4.78 is 5.03. The highest BCUT2D eigenvalue weighted by atomic mass is 16.5. The number of esters is 1. The summed E-state index contributed by atoms with van der Waals surface area (Å²) in [5, 5.41) is 9.42. The molecule has 3 heteroatoms. The van der Waals surface area contributed by atoms with E-state index in [-0.39, 0.29) is 0 Å². The molecule has 1 aromatic carbocycles. The first kappa shape index (κ1) is 14.7. The number of benzene rings is 1. The van der Waals surface area contributed by atoms with Crippen LogP contribution in [0, 0.1) is 6.92 Å². The predicted octanol–water partition coefficient (Wildman–Crippen LogP) is 2.80. The number of rotatable bonds is 5. The van der Waals surface area contributed by atoms with Gasteiger partial charge in [-0.3, -0.25) is 0 Å². The van der Waals surface area contributed by atoms with Gasteiger partial charge in [-0.25, -0.2) is 4.79 Å². The molecule has 0 saturated heterocycles. The van der Waals surface area contributed by atoms with Gasteiger partial charge >= 0.3 is 5.97 Å². The fraction of sp³-hybridized carbons (Fsp3) is 0.533. The summed E-state index contributed by atoms with van der Waals surface area (Å²) in [7, 11) is 0. The molecular formula is C15H22O3. The van der Waals surface area contributed by atoms with Crippen molar-refractivity contribution in [3.05, 3.63) is 35.4 Å². The first-order chi connectivity index (χ1) is 8.30. The van der Waals surface area contributed by atoms with Crippen molar-refractivity contribution in [1.29, 1.82) is 0 Å². The standard InChI is InChI=1S/C15H22O3/c1-11-5-7-13(8-6-11)12(2)9-10-18-14(16)15(3,4)17/h5-8,12,17H,9-10H2,1-4H3/t12-/m0/s1. The third kappa shape index (κ3) is 4.49. The highest BCUT2D eigenvalue weighted by Gasteiger charge is 2.25. The van der Waals surface area contributed by atoms with Gasteiger partial charge in [-0.15, -0.1) is 0 Å². The van der Waals surface area contributed by atoms with E-state index < -0.39 is 11.6 Å². The van der Waals surface area contributed by atoms with Gasteiger partial charge < -0.3 is 9.84 Å². The molecule has 100 valence electrons. The Balaban J connectivity index is 2.40. The molecule has 0 aliphatic heterocycles. The molecule has 1 N–H and O–H groups in total. The van der Waals surface area contributed by atoms with Crippen molar-refractivity contribution in [3.63, 3.8) is 0 Å². The summed E-state index contributed by atoms with van der Waals surface area (Å²) >= 11 is 0. The minimum Gasteiger partial charge on any atom is -0.464 e. The van der Waals surface area contributed by atoms with E-state index in [1.807, 2.05) is 0 Å². The highest BCUT2D eigenvalue weighted by molar-refractivity contribution is 5.78. The fourth-order valence-electron chi connectivity index (χ4n) is 1.57. The van der Waals surface area contributed by atoms with Crippen LogP contribution >= 0.6 is 0 Å². The van der Waals surface area contributed by atoms with Gasteiger partial charge in [0.15, 0.2) is 5.60 Å². The first-order valence-electron chi connectivity index (χ1n) is 6.27. The van der Waals surface area contributed by atoms with E-state index in [0.717, 1.165) is 6.42 Å². The second-order valence-corrected chi connectivity index (χ2v) is 5.30. The zero-order valence-corrected chi connectivity index (χ0v) is 11.6. The molecule has 3 nitrogen and oxygen atoms in total. The van der Waals surface area contributed by atoms with Gasteiger partial charge in [-0.05, 0) is 38.7 Å². The highest BCUT2D eigenvalue weighted by Crippen LogP contribution is 2.19. The Labute approximate surface area is 109 Å². The Morgan fingerprint density at radius 3 is 2.39 bits per heavy atom. The van der Waals surface area contributed by atoms with Gasteiger partial charge in [-0.2, -0.15) is 0 Å². The van der Waals surface area contributed by atoms with E-state index >= 15 is 0 Å². The van der Waals surface area contributed by atoms with Crippen LogP contribution in [-0.2, 0) is 9.53 Å². The van der Waals surface area contributed by atoms with Gasteiger partial charge in [0.1, 0.15) is 0 Å². The van der Waals surface area contributed by atoms with E-state index in [2.05, 4.69) is 38.1 Å². The Bertz CT molecular complexity index is 387. The van der Waals surface area contributed by atoms with E-state index in [4.69, 9.17) is 4.74 Å². The third-order valence-corrected chi connectivity index (χ3v) is 2.93. The van der Waals surface area contributed by atoms with Gasteiger partial charge in [0.25, 0.3) is 0 Å². The predicted molar refractivity (Wildman–Crippen MR) is 71.5 cm³/mol. The van der Waals surface area contributed by atoms with Crippen molar-refractivity contribution in [3.8, 4) is 0 Å². The molecule has 0 saturated carbocycles. The summed E-state index contributed by atoms with van der Waals surface area (Å²) in [4.78, 5) is 11.4. The van der Waals surface area contributed by atoms with Crippen LogP contribution in [0.1, 0.15) is 44.2 Å². The van der Waals surface area contributed by atoms with Crippen LogP contribution in [0.4, 0.5) is 0 Å². The lowest BCUT2D eigenvalue weighted by atomic mass is 9.97.